The van der Waals surface area contributed by atoms with Crippen molar-refractivity contribution in [3.63, 3.8) is 0 Å². The van der Waals surface area contributed by atoms with E-state index in [0.717, 1.165) is 42.0 Å². The van der Waals surface area contributed by atoms with E-state index in [4.69, 9.17) is 5.73 Å². The molecule has 3 atom stereocenters. The first-order chi connectivity index (χ1) is 13.1. The Hall–Kier alpha value is -2.57. The molecule has 27 heavy (non-hydrogen) atoms. The molecule has 2 heterocycles. The molecule has 0 aliphatic carbocycles. The summed E-state index contributed by atoms with van der Waals surface area (Å²) in [6.07, 6.45) is 2.64. The predicted octanol–water partition coefficient (Wildman–Crippen LogP) is 3.51. The Bertz CT molecular complexity index is 852. The summed E-state index contributed by atoms with van der Waals surface area (Å²) in [7, 11) is 1.88. The van der Waals surface area contributed by atoms with Gasteiger partial charge >= 0.3 is 0 Å². The van der Waals surface area contributed by atoms with Gasteiger partial charge in [-0.25, -0.2) is 5.43 Å². The number of nitrogens with one attached hydrogen (secondary N) is 3. The molecule has 0 fully saturated rings. The first-order valence-corrected chi connectivity index (χ1v) is 9.62. The predicted molar refractivity (Wildman–Crippen MR) is 110 cm³/mol. The quantitative estimate of drug-likeness (QED) is 0.622. The van der Waals surface area contributed by atoms with Crippen molar-refractivity contribution in [2.24, 2.45) is 11.7 Å². The Balaban J connectivity index is 1.84. The lowest BCUT2D eigenvalue weighted by molar-refractivity contribution is -0.119. The molecule has 0 aromatic heterocycles. The summed E-state index contributed by atoms with van der Waals surface area (Å²) in [5, 5.41) is 8.34. The fourth-order valence-electron chi connectivity index (χ4n) is 3.96. The van der Waals surface area contributed by atoms with Crippen LogP contribution in [0.25, 0.3) is 0 Å². The number of rotatable bonds is 1. The number of benzene rings is 2. The van der Waals surface area contributed by atoms with Crippen LogP contribution in [0.15, 0.2) is 42.5 Å². The molecule has 0 spiro atoms. The minimum Gasteiger partial charge on any atom is -0.388 e. The van der Waals surface area contributed by atoms with E-state index in [-0.39, 0.29) is 23.9 Å². The topological polar surface area (TPSA) is 82.4 Å². The van der Waals surface area contributed by atoms with E-state index in [2.05, 4.69) is 39.3 Å². The highest BCUT2D eigenvalue weighted by Crippen LogP contribution is 2.42. The van der Waals surface area contributed by atoms with Crippen LogP contribution >= 0.6 is 0 Å². The zero-order valence-electron chi connectivity index (χ0n) is 15.8. The summed E-state index contributed by atoms with van der Waals surface area (Å²) in [5.41, 5.74) is 15.1. The van der Waals surface area contributed by atoms with Crippen LogP contribution in [0.2, 0.25) is 0 Å². The minimum absolute atomic E-state index is 0.00845. The third-order valence-corrected chi connectivity index (χ3v) is 5.62. The molecule has 1 amide bonds. The highest BCUT2D eigenvalue weighted by molar-refractivity contribution is 5.97. The summed E-state index contributed by atoms with van der Waals surface area (Å²) < 4.78 is 0. The molecule has 0 saturated heterocycles. The van der Waals surface area contributed by atoms with Crippen LogP contribution in [0.3, 0.4) is 0 Å². The number of amides is 1. The second kappa shape index (κ2) is 7.21. The molecule has 5 N–H and O–H groups in total. The van der Waals surface area contributed by atoms with Crippen molar-refractivity contribution in [3.05, 3.63) is 48.0 Å². The number of carbonyl (C=O) groups excluding carboxylic acids is 1. The van der Waals surface area contributed by atoms with E-state index in [1.54, 1.807) is 0 Å². The highest BCUT2D eigenvalue weighted by atomic mass is 16.1. The van der Waals surface area contributed by atoms with Crippen LogP contribution in [0.5, 0.6) is 0 Å². The van der Waals surface area contributed by atoms with Gasteiger partial charge in [0.25, 0.3) is 0 Å². The Kier molecular flexibility index (Phi) is 4.76. The summed E-state index contributed by atoms with van der Waals surface area (Å²) >= 11 is 0. The fourth-order valence-corrected chi connectivity index (χ4v) is 3.96. The minimum atomic E-state index is -0.0503. The molecule has 0 saturated carbocycles. The smallest absolute Gasteiger partial charge is 0.227 e. The van der Waals surface area contributed by atoms with Crippen LogP contribution in [-0.2, 0) is 4.79 Å². The molecule has 142 valence electrons. The van der Waals surface area contributed by atoms with E-state index in [9.17, 15) is 4.79 Å². The van der Waals surface area contributed by atoms with Crippen LogP contribution < -0.4 is 26.8 Å². The van der Waals surface area contributed by atoms with Crippen molar-refractivity contribution in [3.8, 4) is 0 Å². The Morgan fingerprint density at radius 2 is 1.96 bits per heavy atom. The molecular formula is C21H27N5O. The van der Waals surface area contributed by atoms with Gasteiger partial charge in [0.05, 0.1) is 23.1 Å². The number of anilines is 4. The number of hydrazine groups is 1. The number of para-hydroxylation sites is 1. The molecule has 4 rings (SSSR count). The fraction of sp³-hybridized carbons (Fsp3) is 0.381. The Labute approximate surface area is 160 Å². The molecule has 2 aromatic carbocycles. The molecular weight excluding hydrogens is 338 g/mol. The Morgan fingerprint density at radius 1 is 1.15 bits per heavy atom. The van der Waals surface area contributed by atoms with Gasteiger partial charge in [0.2, 0.25) is 5.91 Å². The van der Waals surface area contributed by atoms with Crippen molar-refractivity contribution in [2.45, 2.75) is 38.3 Å². The monoisotopic (exact) mass is 365 g/mol. The molecule has 3 unspecified atom stereocenters. The molecule has 2 aromatic rings. The van der Waals surface area contributed by atoms with Crippen molar-refractivity contribution in [1.82, 2.24) is 5.43 Å². The number of fused-ring (bicyclic) bond motifs is 7. The third-order valence-electron chi connectivity index (χ3n) is 5.62. The van der Waals surface area contributed by atoms with Gasteiger partial charge in [-0.3, -0.25) is 9.80 Å². The van der Waals surface area contributed by atoms with Gasteiger partial charge in [0.1, 0.15) is 0 Å². The number of nitrogens with zero attached hydrogens (tertiary/aromatic N) is 1. The van der Waals surface area contributed by atoms with Gasteiger partial charge in [-0.05, 0) is 42.7 Å². The van der Waals surface area contributed by atoms with Crippen molar-refractivity contribution in [1.29, 1.82) is 0 Å². The zero-order valence-corrected chi connectivity index (χ0v) is 15.8. The number of hydrogen-bond donors (Lipinski definition) is 4. The van der Waals surface area contributed by atoms with Crippen molar-refractivity contribution in [2.75, 3.05) is 22.7 Å². The largest absolute Gasteiger partial charge is 0.388 e. The molecule has 6 nitrogen and oxygen atoms in total. The summed E-state index contributed by atoms with van der Waals surface area (Å²) in [5.74, 6) is -0.00612. The first-order valence-electron chi connectivity index (χ1n) is 9.62. The van der Waals surface area contributed by atoms with Crippen LogP contribution in [0.4, 0.5) is 22.7 Å². The zero-order chi connectivity index (χ0) is 19.0. The van der Waals surface area contributed by atoms with Crippen molar-refractivity contribution >= 4 is 28.7 Å². The summed E-state index contributed by atoms with van der Waals surface area (Å²) in [6, 6.07) is 14.4. The van der Waals surface area contributed by atoms with Crippen LogP contribution in [0, 0.1) is 5.92 Å². The number of nitrogens with two attached hydrogens (primary N) is 1. The maximum Gasteiger partial charge on any atom is 0.227 e. The summed E-state index contributed by atoms with van der Waals surface area (Å²) in [4.78, 5) is 12.7. The molecule has 6 heteroatoms. The normalized spacial score (nSPS) is 24.9. The van der Waals surface area contributed by atoms with E-state index >= 15 is 0 Å². The lowest BCUT2D eigenvalue weighted by Crippen LogP contribution is -2.40. The lowest BCUT2D eigenvalue weighted by Gasteiger charge is -2.27. The van der Waals surface area contributed by atoms with Crippen LogP contribution in [-0.4, -0.2) is 19.0 Å². The average molecular weight is 365 g/mol. The summed E-state index contributed by atoms with van der Waals surface area (Å²) in [6.45, 7) is 1.98. The standard InChI is InChI=1S/C21H27N5O/c1-13-6-5-8-16(22)20-15-7-3-4-9-18(15)26(25-20)19-11-10-14(23-2)12-17(19)24-21(13)27/h3-4,7,9-13,16,20,23,25H,5-6,8,22H2,1-2H3,(H,24,27). The number of hydrogen-bond acceptors (Lipinski definition) is 5. The van der Waals surface area contributed by atoms with E-state index in [0.29, 0.717) is 0 Å². The molecule has 2 aliphatic heterocycles. The van der Waals surface area contributed by atoms with Gasteiger partial charge in [-0.2, -0.15) is 0 Å². The lowest BCUT2D eigenvalue weighted by atomic mass is 9.94. The van der Waals surface area contributed by atoms with Crippen LogP contribution in [0.1, 0.15) is 37.8 Å². The van der Waals surface area contributed by atoms with Gasteiger partial charge in [-0.15, -0.1) is 0 Å². The second-order valence-electron chi connectivity index (χ2n) is 7.47. The van der Waals surface area contributed by atoms with Gasteiger partial charge in [0.15, 0.2) is 0 Å². The van der Waals surface area contributed by atoms with Crippen molar-refractivity contribution < 1.29 is 4.79 Å². The van der Waals surface area contributed by atoms with Gasteiger partial charge in [-0.1, -0.05) is 31.5 Å². The molecule has 2 bridgehead atoms. The van der Waals surface area contributed by atoms with E-state index in [1.165, 1.54) is 5.56 Å². The molecule has 2 aliphatic rings. The SMILES string of the molecule is CNc1ccc2c(c1)NC(=O)C(C)CCCC(N)C1NN2c2ccccc21. The molecule has 0 radical (unpaired) electrons. The van der Waals surface area contributed by atoms with Gasteiger partial charge in [0, 0.05) is 24.7 Å². The maximum atomic E-state index is 12.7. The third kappa shape index (κ3) is 3.26. The Morgan fingerprint density at radius 3 is 2.78 bits per heavy atom. The first kappa shape index (κ1) is 17.8. The highest BCUT2D eigenvalue weighted by Gasteiger charge is 2.34. The number of carbonyl (C=O) groups is 1. The maximum absolute atomic E-state index is 12.7. The average Bonchev–Trinajstić information content (AvgIpc) is 3.06. The van der Waals surface area contributed by atoms with Gasteiger partial charge < -0.3 is 16.4 Å². The van der Waals surface area contributed by atoms with E-state index in [1.807, 2.05) is 38.2 Å². The second-order valence-corrected chi connectivity index (χ2v) is 7.47. The van der Waals surface area contributed by atoms with E-state index < -0.39 is 0 Å².